The maximum absolute atomic E-state index is 13.4. The van der Waals surface area contributed by atoms with Crippen LogP contribution in [0.1, 0.15) is 52.7 Å². The Morgan fingerprint density at radius 1 is 1.29 bits per heavy atom. The minimum atomic E-state index is -4.64. The summed E-state index contributed by atoms with van der Waals surface area (Å²) in [5, 5.41) is 2.72. The van der Waals surface area contributed by atoms with E-state index in [1.807, 2.05) is 0 Å². The van der Waals surface area contributed by atoms with Crippen LogP contribution in [0, 0.1) is 6.92 Å². The third-order valence-corrected chi connectivity index (χ3v) is 4.46. The molecule has 0 radical (unpaired) electrons. The first-order chi connectivity index (χ1) is 13.1. The van der Waals surface area contributed by atoms with E-state index in [9.17, 15) is 22.8 Å². The first kappa shape index (κ1) is 19.8. The molecule has 2 N–H and O–H groups in total. The Morgan fingerprint density at radius 2 is 1.96 bits per heavy atom. The molecule has 0 unspecified atom stereocenters. The van der Waals surface area contributed by atoms with Gasteiger partial charge in [-0.1, -0.05) is 12.1 Å². The monoisotopic (exact) mass is 394 g/mol. The number of aromatic amines is 1. The maximum atomic E-state index is 13.4. The smallest absolute Gasteiger partial charge is 0.350 e. The fourth-order valence-electron chi connectivity index (χ4n) is 3.27. The van der Waals surface area contributed by atoms with Crippen molar-refractivity contribution >= 4 is 23.1 Å². The predicted molar refractivity (Wildman–Crippen MR) is 94.1 cm³/mol. The molecule has 2 aromatic heterocycles. The van der Waals surface area contributed by atoms with Gasteiger partial charge >= 0.3 is 23.4 Å². The standard InChI is InChI=1S/C19H19F3N4O2/c1-5-25-9-13-24-15(19(20,21)22)17(25)26(13)18(28)14-11(4)7-6-8-12(14)16(27)23-10(2)3/h6-10H,5H2,1-4H3/p+2. The molecule has 0 aliphatic heterocycles. The number of rotatable bonds is 4. The Balaban J connectivity index is 2.21. The summed E-state index contributed by atoms with van der Waals surface area (Å²) in [7, 11) is 0. The van der Waals surface area contributed by atoms with Crippen LogP contribution >= 0.6 is 0 Å². The van der Waals surface area contributed by atoms with Crippen LogP contribution in [-0.2, 0) is 12.7 Å². The molecule has 28 heavy (non-hydrogen) atoms. The van der Waals surface area contributed by atoms with Crippen LogP contribution < -0.4 is 14.9 Å². The third kappa shape index (κ3) is 3.21. The molecule has 0 aliphatic rings. The number of hydrogen-bond acceptors (Lipinski definition) is 2. The van der Waals surface area contributed by atoms with Gasteiger partial charge in [-0.25, -0.2) is 14.3 Å². The van der Waals surface area contributed by atoms with Crippen LogP contribution in [0.3, 0.4) is 0 Å². The van der Waals surface area contributed by atoms with E-state index in [0.29, 0.717) is 5.56 Å². The number of aromatic nitrogens is 3. The van der Waals surface area contributed by atoms with E-state index in [-0.39, 0.29) is 35.0 Å². The van der Waals surface area contributed by atoms with Crippen molar-refractivity contribution in [2.24, 2.45) is 0 Å². The Hall–Kier alpha value is -2.97. The number of nitrogens with zero attached hydrogens (tertiary/aromatic N) is 2. The number of amides is 1. The van der Waals surface area contributed by atoms with Crippen LogP contribution in [0.4, 0.5) is 13.2 Å². The number of alkyl halides is 3. The highest BCUT2D eigenvalue weighted by Gasteiger charge is 2.48. The fraction of sp³-hybridized carbons (Fsp3) is 0.368. The lowest BCUT2D eigenvalue weighted by Crippen LogP contribution is -2.37. The minimum absolute atomic E-state index is 0.0210. The van der Waals surface area contributed by atoms with Gasteiger partial charge in [0.1, 0.15) is 0 Å². The van der Waals surface area contributed by atoms with Crippen molar-refractivity contribution in [2.75, 3.05) is 0 Å². The van der Waals surface area contributed by atoms with Gasteiger partial charge < -0.3 is 5.32 Å². The quantitative estimate of drug-likeness (QED) is 0.691. The molecule has 1 aromatic carbocycles. The summed E-state index contributed by atoms with van der Waals surface area (Å²) in [5.74, 6) is -1.14. The molecule has 148 valence electrons. The van der Waals surface area contributed by atoms with Gasteiger partial charge in [-0.3, -0.25) is 4.79 Å². The van der Waals surface area contributed by atoms with Crippen molar-refractivity contribution in [3.8, 4) is 0 Å². The van der Waals surface area contributed by atoms with Gasteiger partial charge in [0.25, 0.3) is 11.6 Å². The van der Waals surface area contributed by atoms with E-state index in [4.69, 9.17) is 0 Å². The van der Waals surface area contributed by atoms with E-state index in [0.717, 1.165) is 4.57 Å². The minimum Gasteiger partial charge on any atom is -0.350 e. The molecule has 2 heterocycles. The number of aryl methyl sites for hydroxylation is 2. The van der Waals surface area contributed by atoms with E-state index in [1.165, 1.54) is 16.8 Å². The number of benzene rings is 1. The SMILES string of the molecule is CC[n+]1cc2[nH+]c(C(F)(F)F)c1n2C(=O)c1c(C)cccc1C(=O)NC(C)C. The second-order valence-electron chi connectivity index (χ2n) is 6.89. The second kappa shape index (κ2) is 6.88. The Morgan fingerprint density at radius 3 is 2.54 bits per heavy atom. The van der Waals surface area contributed by atoms with Gasteiger partial charge in [0, 0.05) is 6.04 Å². The average molecular weight is 394 g/mol. The van der Waals surface area contributed by atoms with Gasteiger partial charge in [-0.15, -0.1) is 4.57 Å². The van der Waals surface area contributed by atoms with E-state index in [1.54, 1.807) is 39.8 Å². The molecule has 0 saturated carbocycles. The number of halogens is 3. The summed E-state index contributed by atoms with van der Waals surface area (Å²) >= 11 is 0. The normalized spacial score (nSPS) is 12.1. The Bertz CT molecular complexity index is 1050. The zero-order valence-corrected chi connectivity index (χ0v) is 15.9. The maximum Gasteiger partial charge on any atom is 0.462 e. The summed E-state index contributed by atoms with van der Waals surface area (Å²) in [4.78, 5) is 28.1. The molecule has 0 saturated heterocycles. The molecule has 0 atom stereocenters. The van der Waals surface area contributed by atoms with E-state index >= 15 is 0 Å². The lowest BCUT2D eigenvalue weighted by Gasteiger charge is -2.12. The summed E-state index contributed by atoms with van der Waals surface area (Å²) in [6, 6.07) is 4.62. The molecular formula is C19H21F3N4O2+2. The number of imidazole rings is 2. The van der Waals surface area contributed by atoms with Crippen LogP contribution in [0.2, 0.25) is 0 Å². The van der Waals surface area contributed by atoms with Crippen LogP contribution in [0.15, 0.2) is 24.4 Å². The van der Waals surface area contributed by atoms with Crippen molar-refractivity contribution in [3.63, 3.8) is 0 Å². The van der Waals surface area contributed by atoms with Gasteiger partial charge in [-0.2, -0.15) is 13.2 Å². The van der Waals surface area contributed by atoms with Gasteiger partial charge in [0.15, 0.2) is 6.20 Å². The zero-order chi connectivity index (χ0) is 20.8. The molecule has 0 aliphatic carbocycles. The van der Waals surface area contributed by atoms with Gasteiger partial charge in [-0.05, 0) is 39.3 Å². The van der Waals surface area contributed by atoms with Crippen molar-refractivity contribution in [1.82, 2.24) is 9.88 Å². The van der Waals surface area contributed by atoms with Crippen molar-refractivity contribution < 1.29 is 32.3 Å². The highest BCUT2D eigenvalue weighted by Crippen LogP contribution is 2.31. The molecule has 6 nitrogen and oxygen atoms in total. The summed E-state index contributed by atoms with van der Waals surface area (Å²) < 4.78 is 42.6. The number of nitrogens with one attached hydrogen (secondary N) is 2. The first-order valence-corrected chi connectivity index (χ1v) is 8.88. The number of fused-ring (bicyclic) bond motifs is 2. The van der Waals surface area contributed by atoms with E-state index in [2.05, 4.69) is 10.3 Å². The van der Waals surface area contributed by atoms with Crippen LogP contribution in [0.5, 0.6) is 0 Å². The van der Waals surface area contributed by atoms with Crippen molar-refractivity contribution in [2.45, 2.75) is 46.5 Å². The largest absolute Gasteiger partial charge is 0.462 e. The highest BCUT2D eigenvalue weighted by atomic mass is 19.4. The molecule has 2 bridgehead atoms. The highest BCUT2D eigenvalue weighted by molar-refractivity contribution is 6.10. The molecular weight excluding hydrogens is 373 g/mol. The van der Waals surface area contributed by atoms with E-state index < -0.39 is 23.7 Å². The average Bonchev–Trinajstić information content (AvgIpc) is 3.15. The summed E-state index contributed by atoms with van der Waals surface area (Å²) in [6.07, 6.45) is -3.19. The number of H-pyrrole nitrogens is 1. The lowest BCUT2D eigenvalue weighted by atomic mass is 10.00. The molecule has 3 aromatic rings. The summed E-state index contributed by atoms with van der Waals surface area (Å²) in [5.41, 5.74) is -0.524. The number of carbonyl (C=O) groups excluding carboxylic acids is 2. The van der Waals surface area contributed by atoms with Crippen molar-refractivity contribution in [3.05, 3.63) is 46.8 Å². The fourth-order valence-corrected chi connectivity index (χ4v) is 3.27. The van der Waals surface area contributed by atoms with Gasteiger partial charge in [0.2, 0.25) is 0 Å². The number of hydrogen-bond donors (Lipinski definition) is 1. The molecule has 0 spiro atoms. The molecule has 3 rings (SSSR count). The predicted octanol–water partition coefficient (Wildman–Crippen LogP) is 2.35. The number of carbonyl (C=O) groups is 2. The summed E-state index contributed by atoms with van der Waals surface area (Å²) in [6.45, 7) is 7.17. The third-order valence-electron chi connectivity index (χ3n) is 4.46. The Labute approximate surface area is 159 Å². The van der Waals surface area contributed by atoms with Gasteiger partial charge in [0.05, 0.1) is 17.7 Å². The molecule has 0 fully saturated rings. The Kier molecular flexibility index (Phi) is 4.86. The van der Waals surface area contributed by atoms with Crippen LogP contribution in [0.25, 0.3) is 11.3 Å². The zero-order valence-electron chi connectivity index (χ0n) is 15.9. The first-order valence-electron chi connectivity index (χ1n) is 8.88. The lowest BCUT2D eigenvalue weighted by molar-refractivity contribution is -0.674. The second-order valence-corrected chi connectivity index (χ2v) is 6.89. The topological polar surface area (TPSA) is 69.1 Å². The van der Waals surface area contributed by atoms with Crippen LogP contribution in [-0.4, -0.2) is 22.4 Å². The van der Waals surface area contributed by atoms with Crippen molar-refractivity contribution in [1.29, 1.82) is 0 Å². The molecule has 1 amide bonds. The molecule has 9 heteroatoms.